The second-order valence-corrected chi connectivity index (χ2v) is 2.64. The first-order valence-electron chi connectivity index (χ1n) is 3.62. The number of ether oxygens (including phenoxy) is 1. The van der Waals surface area contributed by atoms with Crippen LogP contribution < -0.4 is 0 Å². The Balaban J connectivity index is 2.53. The normalized spacial score (nSPS) is 27.7. The summed E-state index contributed by atoms with van der Waals surface area (Å²) in [5.74, 6) is -1.33. The molecule has 0 aromatic carbocycles. The smallest absolute Gasteiger partial charge is 0.306 e. The highest BCUT2D eigenvalue weighted by Gasteiger charge is 2.30. The van der Waals surface area contributed by atoms with Crippen LogP contribution in [0.5, 0.6) is 0 Å². The van der Waals surface area contributed by atoms with Crippen molar-refractivity contribution in [3.05, 3.63) is 12.2 Å². The number of aliphatic hydroxyl groups is 1. The van der Waals surface area contributed by atoms with Crippen molar-refractivity contribution < 1.29 is 19.4 Å². The van der Waals surface area contributed by atoms with Crippen molar-refractivity contribution in [2.75, 3.05) is 7.11 Å². The number of methoxy groups -OCH3 is 1. The molecule has 1 N–H and O–H groups in total. The largest absolute Gasteiger partial charge is 0.469 e. The van der Waals surface area contributed by atoms with Gasteiger partial charge in [0.25, 0.3) is 0 Å². The third-order valence-corrected chi connectivity index (χ3v) is 1.85. The van der Waals surface area contributed by atoms with Crippen LogP contribution in [-0.4, -0.2) is 30.1 Å². The highest BCUT2D eigenvalue weighted by molar-refractivity contribution is 5.97. The molecule has 1 aliphatic rings. The molecular weight excluding hydrogens is 160 g/mol. The second kappa shape index (κ2) is 3.49. The fraction of sp³-hybridized carbons (Fsp3) is 0.500. The summed E-state index contributed by atoms with van der Waals surface area (Å²) in [5, 5.41) is 9.19. The van der Waals surface area contributed by atoms with E-state index < -0.39 is 18.0 Å². The van der Waals surface area contributed by atoms with Gasteiger partial charge in [0.15, 0.2) is 5.78 Å². The lowest BCUT2D eigenvalue weighted by Crippen LogP contribution is -2.23. The minimum absolute atomic E-state index is 0.0521. The number of carbonyl (C=O) groups is 2. The Morgan fingerprint density at radius 2 is 2.42 bits per heavy atom. The number of aliphatic hydroxyl groups excluding tert-OH is 1. The Morgan fingerprint density at radius 3 is 2.83 bits per heavy atom. The van der Waals surface area contributed by atoms with E-state index in [9.17, 15) is 14.7 Å². The lowest BCUT2D eigenvalue weighted by atomic mass is 10.00. The Labute approximate surface area is 69.8 Å². The minimum atomic E-state index is -0.836. The van der Waals surface area contributed by atoms with Crippen molar-refractivity contribution in [1.29, 1.82) is 0 Å². The maximum atomic E-state index is 11.0. The number of hydrogen-bond donors (Lipinski definition) is 1. The van der Waals surface area contributed by atoms with E-state index in [-0.39, 0.29) is 12.2 Å². The number of rotatable bonds is 2. The molecule has 1 aliphatic carbocycles. The summed E-state index contributed by atoms with van der Waals surface area (Å²) in [6.07, 6.45) is 1.79. The molecule has 0 aromatic heterocycles. The van der Waals surface area contributed by atoms with Gasteiger partial charge in [0, 0.05) is 0 Å². The van der Waals surface area contributed by atoms with Crippen LogP contribution in [-0.2, 0) is 14.3 Å². The van der Waals surface area contributed by atoms with Crippen molar-refractivity contribution in [1.82, 2.24) is 0 Å². The van der Waals surface area contributed by atoms with E-state index in [0.29, 0.717) is 0 Å². The fourth-order valence-electron chi connectivity index (χ4n) is 1.10. The summed E-state index contributed by atoms with van der Waals surface area (Å²) in [5.41, 5.74) is 0. The van der Waals surface area contributed by atoms with Gasteiger partial charge in [-0.25, -0.2) is 0 Å². The maximum Gasteiger partial charge on any atom is 0.306 e. The van der Waals surface area contributed by atoms with Crippen LogP contribution in [0.15, 0.2) is 12.2 Å². The van der Waals surface area contributed by atoms with Crippen molar-refractivity contribution in [2.24, 2.45) is 5.92 Å². The average Bonchev–Trinajstić information content (AvgIpc) is 2.35. The number of ketones is 1. The molecule has 0 heterocycles. The van der Waals surface area contributed by atoms with Gasteiger partial charge in [-0.1, -0.05) is 6.08 Å². The first-order valence-corrected chi connectivity index (χ1v) is 3.62. The van der Waals surface area contributed by atoms with Gasteiger partial charge in [0.05, 0.1) is 25.6 Å². The van der Waals surface area contributed by atoms with Crippen LogP contribution in [0.25, 0.3) is 0 Å². The molecule has 66 valence electrons. The van der Waals surface area contributed by atoms with Gasteiger partial charge >= 0.3 is 5.97 Å². The first kappa shape index (κ1) is 8.93. The molecule has 4 nitrogen and oxygen atoms in total. The fourth-order valence-corrected chi connectivity index (χ4v) is 1.10. The summed E-state index contributed by atoms with van der Waals surface area (Å²) in [7, 11) is 1.25. The lowest BCUT2D eigenvalue weighted by molar-refractivity contribution is -0.144. The SMILES string of the molecule is COC(=O)CC1C(=O)C=CC1O. The van der Waals surface area contributed by atoms with E-state index in [1.165, 1.54) is 19.3 Å². The molecule has 0 amide bonds. The van der Waals surface area contributed by atoms with Crippen molar-refractivity contribution >= 4 is 11.8 Å². The van der Waals surface area contributed by atoms with Crippen LogP contribution in [0.1, 0.15) is 6.42 Å². The average molecular weight is 170 g/mol. The lowest BCUT2D eigenvalue weighted by Gasteiger charge is -2.10. The van der Waals surface area contributed by atoms with E-state index in [4.69, 9.17) is 0 Å². The molecule has 4 heteroatoms. The van der Waals surface area contributed by atoms with Crippen LogP contribution in [0, 0.1) is 5.92 Å². The molecule has 1 rings (SSSR count). The maximum absolute atomic E-state index is 11.0. The van der Waals surface area contributed by atoms with E-state index in [1.54, 1.807) is 0 Å². The highest BCUT2D eigenvalue weighted by atomic mass is 16.5. The molecule has 0 saturated carbocycles. The van der Waals surface area contributed by atoms with E-state index in [0.717, 1.165) is 0 Å². The Bertz CT molecular complexity index is 231. The van der Waals surface area contributed by atoms with Crippen molar-refractivity contribution in [2.45, 2.75) is 12.5 Å². The van der Waals surface area contributed by atoms with Gasteiger partial charge in [-0.05, 0) is 6.08 Å². The highest BCUT2D eigenvalue weighted by Crippen LogP contribution is 2.19. The molecule has 0 saturated heterocycles. The van der Waals surface area contributed by atoms with Crippen molar-refractivity contribution in [3.63, 3.8) is 0 Å². The molecule has 0 aromatic rings. The third kappa shape index (κ3) is 1.71. The zero-order valence-corrected chi connectivity index (χ0v) is 6.69. The molecule has 0 fully saturated rings. The molecule has 0 spiro atoms. The molecule has 12 heavy (non-hydrogen) atoms. The van der Waals surface area contributed by atoms with Gasteiger partial charge < -0.3 is 9.84 Å². The van der Waals surface area contributed by atoms with Gasteiger partial charge in [-0.2, -0.15) is 0 Å². The van der Waals surface area contributed by atoms with Crippen LogP contribution >= 0.6 is 0 Å². The zero-order valence-electron chi connectivity index (χ0n) is 6.69. The van der Waals surface area contributed by atoms with Crippen LogP contribution in [0.2, 0.25) is 0 Å². The predicted octanol–water partition coefficient (Wildman–Crippen LogP) is -0.334. The summed E-state index contributed by atoms with van der Waals surface area (Å²) >= 11 is 0. The van der Waals surface area contributed by atoms with Gasteiger partial charge in [-0.15, -0.1) is 0 Å². The van der Waals surface area contributed by atoms with E-state index >= 15 is 0 Å². The Kier molecular flexibility index (Phi) is 2.60. The third-order valence-electron chi connectivity index (χ3n) is 1.85. The van der Waals surface area contributed by atoms with Crippen LogP contribution in [0.4, 0.5) is 0 Å². The topological polar surface area (TPSA) is 63.6 Å². The zero-order chi connectivity index (χ0) is 9.14. The van der Waals surface area contributed by atoms with Gasteiger partial charge in [0.1, 0.15) is 0 Å². The molecule has 0 aliphatic heterocycles. The number of hydrogen-bond acceptors (Lipinski definition) is 4. The number of esters is 1. The molecule has 2 unspecified atom stereocenters. The van der Waals surface area contributed by atoms with Crippen LogP contribution in [0.3, 0.4) is 0 Å². The molecular formula is C8H10O4. The van der Waals surface area contributed by atoms with Gasteiger partial charge in [-0.3, -0.25) is 9.59 Å². The van der Waals surface area contributed by atoms with Gasteiger partial charge in [0.2, 0.25) is 0 Å². The van der Waals surface area contributed by atoms with E-state index in [2.05, 4.69) is 4.74 Å². The molecule has 0 radical (unpaired) electrons. The number of carbonyl (C=O) groups excluding carboxylic acids is 2. The summed E-state index contributed by atoms with van der Waals surface area (Å²) in [6, 6.07) is 0. The van der Waals surface area contributed by atoms with E-state index in [1.807, 2.05) is 0 Å². The van der Waals surface area contributed by atoms with Crippen molar-refractivity contribution in [3.8, 4) is 0 Å². The number of allylic oxidation sites excluding steroid dienone is 1. The standard InChI is InChI=1S/C8H10O4/c1-12-8(11)4-5-6(9)2-3-7(5)10/h2-3,5-6,9H,4H2,1H3. The first-order chi connectivity index (χ1) is 5.65. The Morgan fingerprint density at radius 1 is 1.75 bits per heavy atom. The molecule has 0 bridgehead atoms. The summed E-state index contributed by atoms with van der Waals surface area (Å²) < 4.78 is 4.38. The summed E-state index contributed by atoms with van der Waals surface area (Å²) in [4.78, 5) is 21.7. The molecule has 2 atom stereocenters. The summed E-state index contributed by atoms with van der Waals surface area (Å²) in [6.45, 7) is 0. The minimum Gasteiger partial charge on any atom is -0.469 e. The quantitative estimate of drug-likeness (QED) is 0.576. The second-order valence-electron chi connectivity index (χ2n) is 2.64. The predicted molar refractivity (Wildman–Crippen MR) is 40.3 cm³/mol. The Hall–Kier alpha value is -1.16. The monoisotopic (exact) mass is 170 g/mol.